The monoisotopic (exact) mass is 1030 g/mol. The van der Waals surface area contributed by atoms with Crippen molar-refractivity contribution in [1.29, 1.82) is 0 Å². The van der Waals surface area contributed by atoms with Crippen LogP contribution in [0.4, 0.5) is 0 Å². The number of quaternary nitrogens is 1. The third kappa shape index (κ3) is 56.2. The van der Waals surface area contributed by atoms with Crippen molar-refractivity contribution in [3.63, 3.8) is 0 Å². The summed E-state index contributed by atoms with van der Waals surface area (Å²) < 4.78 is 34.0. The van der Waals surface area contributed by atoms with Crippen LogP contribution in [0.5, 0.6) is 0 Å². The fourth-order valence-corrected chi connectivity index (χ4v) is 8.40. The van der Waals surface area contributed by atoms with E-state index in [9.17, 15) is 19.0 Å². The fraction of sp³-hybridized carbons (Fsp3) is 0.710. The van der Waals surface area contributed by atoms with Crippen LogP contribution < -0.4 is 4.89 Å². The van der Waals surface area contributed by atoms with Crippen LogP contribution in [0.25, 0.3) is 0 Å². The maximum absolute atomic E-state index is 12.8. The second kappa shape index (κ2) is 52.8. The van der Waals surface area contributed by atoms with Gasteiger partial charge in [0.1, 0.15) is 19.8 Å². The zero-order valence-electron chi connectivity index (χ0n) is 46.8. The summed E-state index contributed by atoms with van der Waals surface area (Å²) in [6.07, 6.45) is 71.8. The molecular weight excluding hydrogens is 918 g/mol. The van der Waals surface area contributed by atoms with Gasteiger partial charge in [-0.1, -0.05) is 239 Å². The summed E-state index contributed by atoms with van der Waals surface area (Å²) in [5.41, 5.74) is 0. The molecular formula is C62H108NO8P. The quantitative estimate of drug-likeness (QED) is 0.0195. The van der Waals surface area contributed by atoms with Crippen molar-refractivity contribution >= 4 is 19.8 Å². The van der Waals surface area contributed by atoms with Gasteiger partial charge in [0.2, 0.25) is 0 Å². The Morgan fingerprint density at radius 2 is 0.792 bits per heavy atom. The number of rotatable bonds is 52. The smallest absolute Gasteiger partial charge is 0.306 e. The average molecular weight is 1030 g/mol. The molecule has 414 valence electrons. The molecule has 0 aliphatic heterocycles. The van der Waals surface area contributed by atoms with Crippen LogP contribution in [0.2, 0.25) is 0 Å². The minimum atomic E-state index is -4.63. The highest BCUT2D eigenvalue weighted by atomic mass is 31.2. The molecule has 0 aromatic carbocycles. The molecule has 0 spiro atoms. The summed E-state index contributed by atoms with van der Waals surface area (Å²) >= 11 is 0. The van der Waals surface area contributed by atoms with E-state index in [0.717, 1.165) is 89.9 Å². The molecule has 0 aromatic rings. The van der Waals surface area contributed by atoms with Crippen LogP contribution in [0.3, 0.4) is 0 Å². The maximum Gasteiger partial charge on any atom is 0.306 e. The molecule has 0 N–H and O–H groups in total. The van der Waals surface area contributed by atoms with E-state index in [1.165, 1.54) is 109 Å². The standard InChI is InChI=1S/C62H108NO8P/c1-6-8-10-12-14-16-18-19-20-21-22-23-24-25-26-27-28-29-30-31-32-33-34-35-36-37-38-39-40-41-42-43-45-47-49-51-53-55-62(65)71-60(59-70-72(66,67)69-57-56-63(3,4)5)58-68-61(64)54-52-50-48-46-44-17-15-13-11-9-7-2/h8,10,14,16,19-20,22-23,25-26,28-29,31-32,34-35,60H,6-7,9,11-13,15,17-18,21,24,27,30,33,36-59H2,1-5H3/b10-8-,16-14-,20-19-,23-22-,26-25-,29-28-,32-31-,35-34-. The minimum absolute atomic E-state index is 0.0332. The summed E-state index contributed by atoms with van der Waals surface area (Å²) in [4.78, 5) is 37.7. The molecule has 0 rings (SSSR count). The first-order valence-electron chi connectivity index (χ1n) is 28.9. The van der Waals surface area contributed by atoms with Crippen molar-refractivity contribution in [2.75, 3.05) is 47.5 Å². The van der Waals surface area contributed by atoms with Crippen molar-refractivity contribution in [3.8, 4) is 0 Å². The molecule has 0 aromatic heterocycles. The Labute approximate surface area is 443 Å². The van der Waals surface area contributed by atoms with Crippen LogP contribution in [0, 0.1) is 0 Å². The number of likely N-dealkylation sites (N-methyl/N-ethyl adjacent to an activating group) is 1. The summed E-state index contributed by atoms with van der Waals surface area (Å²) in [6, 6.07) is 0. The van der Waals surface area contributed by atoms with Gasteiger partial charge in [-0.2, -0.15) is 0 Å². The second-order valence-electron chi connectivity index (χ2n) is 20.3. The lowest BCUT2D eigenvalue weighted by atomic mass is 10.0. The molecule has 10 heteroatoms. The third-order valence-electron chi connectivity index (χ3n) is 12.1. The van der Waals surface area contributed by atoms with Gasteiger partial charge in [0.25, 0.3) is 7.82 Å². The van der Waals surface area contributed by atoms with Gasteiger partial charge in [-0.25, -0.2) is 0 Å². The number of unbranched alkanes of at least 4 members (excludes halogenated alkanes) is 22. The molecule has 0 bridgehead atoms. The molecule has 9 nitrogen and oxygen atoms in total. The number of nitrogens with zero attached hydrogens (tertiary/aromatic N) is 1. The van der Waals surface area contributed by atoms with Gasteiger partial charge < -0.3 is 27.9 Å². The number of hydrogen-bond donors (Lipinski definition) is 0. The third-order valence-corrected chi connectivity index (χ3v) is 13.1. The summed E-state index contributed by atoms with van der Waals surface area (Å²) in [6.45, 7) is 4.11. The molecule has 0 fully saturated rings. The number of esters is 2. The van der Waals surface area contributed by atoms with Crippen molar-refractivity contribution in [1.82, 2.24) is 0 Å². The van der Waals surface area contributed by atoms with Crippen molar-refractivity contribution in [2.24, 2.45) is 0 Å². The second-order valence-corrected chi connectivity index (χ2v) is 21.7. The van der Waals surface area contributed by atoms with Gasteiger partial charge >= 0.3 is 11.9 Å². The Morgan fingerprint density at radius 3 is 1.18 bits per heavy atom. The van der Waals surface area contributed by atoms with Crippen LogP contribution >= 0.6 is 7.82 Å². The molecule has 72 heavy (non-hydrogen) atoms. The maximum atomic E-state index is 12.8. The molecule has 0 saturated carbocycles. The first kappa shape index (κ1) is 68.9. The SMILES string of the molecule is CC/C=C\C/C=C\C/C=C\C/C=C\C/C=C\C/C=C\C/C=C\C/C=C\CCCCCCCCCCCCCCC(=O)OC(COC(=O)CCCCCCCCCCCCC)COP(=O)([O-])OCC[N+](C)(C)C. The van der Waals surface area contributed by atoms with E-state index in [1.807, 2.05) is 21.1 Å². The van der Waals surface area contributed by atoms with Crippen LogP contribution in [-0.2, 0) is 32.7 Å². The highest BCUT2D eigenvalue weighted by Gasteiger charge is 2.21. The van der Waals surface area contributed by atoms with Crippen LogP contribution in [0.15, 0.2) is 97.2 Å². The largest absolute Gasteiger partial charge is 0.756 e. The first-order chi connectivity index (χ1) is 35.0. The number of hydrogen-bond acceptors (Lipinski definition) is 8. The van der Waals surface area contributed by atoms with Crippen LogP contribution in [0.1, 0.15) is 232 Å². The van der Waals surface area contributed by atoms with Gasteiger partial charge in [0.05, 0.1) is 27.7 Å². The van der Waals surface area contributed by atoms with Crippen molar-refractivity contribution < 1.29 is 42.1 Å². The van der Waals surface area contributed by atoms with Gasteiger partial charge in [0, 0.05) is 12.8 Å². The number of carbonyl (C=O) groups excluding carboxylic acids is 2. The van der Waals surface area contributed by atoms with Gasteiger partial charge in [-0.3, -0.25) is 14.2 Å². The first-order valence-corrected chi connectivity index (χ1v) is 30.4. The Hall–Kier alpha value is -3.07. The lowest BCUT2D eigenvalue weighted by molar-refractivity contribution is -0.870. The molecule has 2 unspecified atom stereocenters. The van der Waals surface area contributed by atoms with E-state index in [1.54, 1.807) is 0 Å². The Bertz CT molecular complexity index is 1540. The van der Waals surface area contributed by atoms with Gasteiger partial charge in [-0.05, 0) is 77.0 Å². The fourth-order valence-electron chi connectivity index (χ4n) is 7.67. The van der Waals surface area contributed by atoms with E-state index < -0.39 is 26.5 Å². The summed E-state index contributed by atoms with van der Waals surface area (Å²) in [5.74, 6) is -0.836. The summed E-state index contributed by atoms with van der Waals surface area (Å²) in [5, 5.41) is 0. The number of allylic oxidation sites excluding steroid dienone is 16. The molecule has 0 heterocycles. The Kier molecular flexibility index (Phi) is 50.5. The Balaban J connectivity index is 4.04. The summed E-state index contributed by atoms with van der Waals surface area (Å²) in [7, 11) is 1.16. The molecule has 0 aliphatic rings. The normalized spacial score (nSPS) is 14.0. The highest BCUT2D eigenvalue weighted by molar-refractivity contribution is 7.45. The van der Waals surface area contributed by atoms with Gasteiger partial charge in [0.15, 0.2) is 6.10 Å². The van der Waals surface area contributed by atoms with Crippen LogP contribution in [-0.4, -0.2) is 70.0 Å². The average Bonchev–Trinajstić information content (AvgIpc) is 3.34. The lowest BCUT2D eigenvalue weighted by Crippen LogP contribution is -2.37. The highest BCUT2D eigenvalue weighted by Crippen LogP contribution is 2.38. The zero-order chi connectivity index (χ0) is 52.7. The molecule has 0 saturated heterocycles. The zero-order valence-corrected chi connectivity index (χ0v) is 47.7. The van der Waals surface area contributed by atoms with Gasteiger partial charge in [-0.15, -0.1) is 0 Å². The molecule has 0 aliphatic carbocycles. The predicted molar refractivity (Wildman–Crippen MR) is 305 cm³/mol. The predicted octanol–water partition coefficient (Wildman–Crippen LogP) is 17.4. The molecule has 0 amide bonds. The number of ether oxygens (including phenoxy) is 2. The lowest BCUT2D eigenvalue weighted by Gasteiger charge is -2.28. The topological polar surface area (TPSA) is 111 Å². The van der Waals surface area contributed by atoms with Crippen molar-refractivity contribution in [3.05, 3.63) is 97.2 Å². The van der Waals surface area contributed by atoms with E-state index in [2.05, 4.69) is 111 Å². The Morgan fingerprint density at radius 1 is 0.444 bits per heavy atom. The number of phosphoric acid groups is 1. The minimum Gasteiger partial charge on any atom is -0.756 e. The van der Waals surface area contributed by atoms with Crippen molar-refractivity contribution in [2.45, 2.75) is 238 Å². The van der Waals surface area contributed by atoms with E-state index in [-0.39, 0.29) is 32.0 Å². The molecule has 0 radical (unpaired) electrons. The number of carbonyl (C=O) groups is 2. The van der Waals surface area contributed by atoms with E-state index in [4.69, 9.17) is 18.5 Å². The van der Waals surface area contributed by atoms with E-state index >= 15 is 0 Å². The van der Waals surface area contributed by atoms with E-state index in [0.29, 0.717) is 17.4 Å². The molecule has 2 atom stereocenters. The number of phosphoric ester groups is 1.